The van der Waals surface area contributed by atoms with Crippen LogP contribution in [-0.2, 0) is 0 Å². The minimum absolute atomic E-state index is 0.650. The van der Waals surface area contributed by atoms with Crippen LogP contribution in [0.2, 0.25) is 0 Å². The van der Waals surface area contributed by atoms with E-state index in [1.165, 1.54) is 36.7 Å². The smallest absolute Gasteiger partial charge is 0.227 e. The summed E-state index contributed by atoms with van der Waals surface area (Å²) in [6, 6.07) is 55.6. The summed E-state index contributed by atoms with van der Waals surface area (Å²) >= 11 is 1.80. The van der Waals surface area contributed by atoms with Gasteiger partial charge in [0, 0.05) is 42.8 Å². The summed E-state index contributed by atoms with van der Waals surface area (Å²) in [7, 11) is 0. The van der Waals surface area contributed by atoms with Gasteiger partial charge in [0.25, 0.3) is 0 Å². The summed E-state index contributed by atoms with van der Waals surface area (Å²) in [6.07, 6.45) is 0. The first-order chi connectivity index (χ1) is 22.3. The maximum absolute atomic E-state index is 6.49. The number of anilines is 3. The quantitative estimate of drug-likeness (QED) is 0.198. The molecule has 0 unspecified atom stereocenters. The van der Waals surface area contributed by atoms with Crippen LogP contribution in [0.15, 0.2) is 162 Å². The minimum atomic E-state index is 0.650. The van der Waals surface area contributed by atoms with Crippen LogP contribution >= 0.6 is 11.3 Å². The second-order valence-corrected chi connectivity index (χ2v) is 12.3. The van der Waals surface area contributed by atoms with E-state index in [1.54, 1.807) is 11.3 Å². The lowest BCUT2D eigenvalue weighted by molar-refractivity contribution is 0.623. The predicted molar refractivity (Wildman–Crippen MR) is 190 cm³/mol. The van der Waals surface area contributed by atoms with Gasteiger partial charge in [-0.1, -0.05) is 91.0 Å². The van der Waals surface area contributed by atoms with Crippen LogP contribution in [0.25, 0.3) is 64.6 Å². The Morgan fingerprint density at radius 3 is 1.84 bits per heavy atom. The third-order valence-corrected chi connectivity index (χ3v) is 9.60. The van der Waals surface area contributed by atoms with Gasteiger partial charge in [-0.3, -0.25) is 0 Å². The third kappa shape index (κ3) is 4.38. The zero-order valence-electron chi connectivity index (χ0n) is 24.2. The van der Waals surface area contributed by atoms with E-state index in [4.69, 9.17) is 9.40 Å². The fourth-order valence-corrected chi connectivity index (χ4v) is 7.48. The van der Waals surface area contributed by atoms with Crippen LogP contribution in [0.3, 0.4) is 0 Å². The molecule has 2 heterocycles. The molecule has 0 radical (unpaired) electrons. The second-order valence-electron chi connectivity index (χ2n) is 11.2. The summed E-state index contributed by atoms with van der Waals surface area (Å²) < 4.78 is 8.93. The van der Waals surface area contributed by atoms with Gasteiger partial charge in [0.05, 0.1) is 0 Å². The number of nitrogens with zero attached hydrogens (tertiary/aromatic N) is 2. The lowest BCUT2D eigenvalue weighted by Crippen LogP contribution is -2.09. The maximum Gasteiger partial charge on any atom is 0.227 e. The van der Waals surface area contributed by atoms with Gasteiger partial charge in [-0.15, -0.1) is 11.3 Å². The lowest BCUT2D eigenvalue weighted by Gasteiger charge is -2.26. The number of aromatic nitrogens is 1. The van der Waals surface area contributed by atoms with Crippen molar-refractivity contribution in [2.24, 2.45) is 0 Å². The molecule has 45 heavy (non-hydrogen) atoms. The molecule has 0 saturated carbocycles. The molecule has 4 heteroatoms. The van der Waals surface area contributed by atoms with Gasteiger partial charge in [-0.05, 0) is 88.6 Å². The normalized spacial score (nSPS) is 11.6. The SMILES string of the molecule is c1ccc(-c2ccc(N(c3ccccc3)c3ccc4c(ccc5sc6ccc7nc(-c8ccccc8)oc7c6c54)c3)cc2)cc1. The molecule has 0 spiro atoms. The Bertz CT molecular complexity index is 2460. The monoisotopic (exact) mass is 594 g/mol. The van der Waals surface area contributed by atoms with Crippen molar-refractivity contribution in [3.05, 3.63) is 158 Å². The van der Waals surface area contributed by atoms with Crippen molar-refractivity contribution in [3.63, 3.8) is 0 Å². The molecular formula is C41H26N2OS. The molecule has 0 saturated heterocycles. The van der Waals surface area contributed by atoms with Crippen molar-refractivity contribution >= 4 is 70.4 Å². The van der Waals surface area contributed by atoms with Gasteiger partial charge in [-0.2, -0.15) is 0 Å². The van der Waals surface area contributed by atoms with E-state index >= 15 is 0 Å². The molecule has 3 nitrogen and oxygen atoms in total. The molecule has 0 aliphatic heterocycles. The van der Waals surface area contributed by atoms with Crippen molar-refractivity contribution in [3.8, 4) is 22.6 Å². The number of oxazole rings is 1. The van der Waals surface area contributed by atoms with Crippen molar-refractivity contribution in [2.75, 3.05) is 4.90 Å². The van der Waals surface area contributed by atoms with Crippen molar-refractivity contribution in [1.82, 2.24) is 4.98 Å². The molecule has 9 rings (SSSR count). The van der Waals surface area contributed by atoms with Crippen molar-refractivity contribution in [1.29, 1.82) is 0 Å². The molecular weight excluding hydrogens is 569 g/mol. The molecule has 0 atom stereocenters. The minimum Gasteiger partial charge on any atom is -0.435 e. The topological polar surface area (TPSA) is 29.3 Å². The number of benzene rings is 7. The van der Waals surface area contributed by atoms with Crippen LogP contribution in [0.5, 0.6) is 0 Å². The molecule has 0 aliphatic carbocycles. The van der Waals surface area contributed by atoms with E-state index in [0.717, 1.165) is 39.1 Å². The second kappa shape index (κ2) is 10.5. The molecule has 2 aromatic heterocycles. The first-order valence-electron chi connectivity index (χ1n) is 15.0. The number of hydrogen-bond donors (Lipinski definition) is 0. The van der Waals surface area contributed by atoms with Crippen LogP contribution in [-0.4, -0.2) is 4.98 Å². The average molecular weight is 595 g/mol. The summed E-state index contributed by atoms with van der Waals surface area (Å²) in [5.74, 6) is 0.650. The van der Waals surface area contributed by atoms with Crippen molar-refractivity contribution in [2.45, 2.75) is 0 Å². The van der Waals surface area contributed by atoms with E-state index in [1.807, 2.05) is 30.3 Å². The Kier molecular flexibility index (Phi) is 6.00. The molecule has 0 bridgehead atoms. The van der Waals surface area contributed by atoms with Crippen LogP contribution < -0.4 is 4.90 Å². The van der Waals surface area contributed by atoms with E-state index in [2.05, 4.69) is 132 Å². The van der Waals surface area contributed by atoms with Gasteiger partial charge in [0.15, 0.2) is 5.58 Å². The summed E-state index contributed by atoms with van der Waals surface area (Å²) in [6.45, 7) is 0. The Morgan fingerprint density at radius 1 is 0.489 bits per heavy atom. The molecule has 0 aliphatic rings. The number of rotatable bonds is 5. The zero-order chi connectivity index (χ0) is 29.7. The maximum atomic E-state index is 6.49. The highest BCUT2D eigenvalue weighted by molar-refractivity contribution is 7.26. The largest absolute Gasteiger partial charge is 0.435 e. The lowest BCUT2D eigenvalue weighted by atomic mass is 10.0. The summed E-state index contributed by atoms with van der Waals surface area (Å²) in [5, 5.41) is 4.75. The van der Waals surface area contributed by atoms with Gasteiger partial charge in [0.2, 0.25) is 5.89 Å². The van der Waals surface area contributed by atoms with Crippen LogP contribution in [0.1, 0.15) is 0 Å². The number of thiophene rings is 1. The van der Waals surface area contributed by atoms with Crippen LogP contribution in [0, 0.1) is 0 Å². The van der Waals surface area contributed by atoms with Gasteiger partial charge in [0.1, 0.15) is 5.52 Å². The van der Waals surface area contributed by atoms with Crippen molar-refractivity contribution < 1.29 is 4.42 Å². The Balaban J connectivity index is 1.21. The highest BCUT2D eigenvalue weighted by atomic mass is 32.1. The molecule has 9 aromatic rings. The molecule has 0 amide bonds. The summed E-state index contributed by atoms with van der Waals surface area (Å²) in [5.41, 5.74) is 8.45. The number of para-hydroxylation sites is 1. The van der Waals surface area contributed by atoms with E-state index in [0.29, 0.717) is 5.89 Å². The fourth-order valence-electron chi connectivity index (χ4n) is 6.36. The first-order valence-corrected chi connectivity index (χ1v) is 15.9. The molecule has 0 fully saturated rings. The van der Waals surface area contributed by atoms with Gasteiger partial charge >= 0.3 is 0 Å². The first kappa shape index (κ1) is 25.8. The Hall–Kier alpha value is -5.71. The van der Waals surface area contributed by atoms with E-state index in [-0.39, 0.29) is 0 Å². The van der Waals surface area contributed by atoms with E-state index < -0.39 is 0 Å². The van der Waals surface area contributed by atoms with Gasteiger partial charge < -0.3 is 9.32 Å². The number of hydrogen-bond acceptors (Lipinski definition) is 4. The zero-order valence-corrected chi connectivity index (χ0v) is 25.0. The Morgan fingerprint density at radius 2 is 1.09 bits per heavy atom. The molecule has 0 N–H and O–H groups in total. The third-order valence-electron chi connectivity index (χ3n) is 8.48. The highest BCUT2D eigenvalue weighted by Crippen LogP contribution is 2.44. The molecule has 7 aromatic carbocycles. The van der Waals surface area contributed by atoms with Gasteiger partial charge in [-0.25, -0.2) is 4.98 Å². The summed E-state index contributed by atoms with van der Waals surface area (Å²) in [4.78, 5) is 7.19. The fraction of sp³-hybridized carbons (Fsp3) is 0. The predicted octanol–water partition coefficient (Wildman–Crippen LogP) is 12.2. The Labute approximate surface area is 264 Å². The molecule has 212 valence electrons. The van der Waals surface area contributed by atoms with E-state index in [9.17, 15) is 0 Å². The highest BCUT2D eigenvalue weighted by Gasteiger charge is 2.19. The van der Waals surface area contributed by atoms with Crippen LogP contribution in [0.4, 0.5) is 17.1 Å². The number of fused-ring (bicyclic) bond motifs is 7. The average Bonchev–Trinajstić information content (AvgIpc) is 3.72. The standard InChI is InChI=1S/C41H26N2OS/c1-4-10-27(11-5-1)28-16-19-32(20-17-28)43(31-14-8-3-9-15-31)33-21-22-34-30(26-33)18-24-36-38(34)39-37(45-36)25-23-35-40(39)44-41(42-35)29-12-6-2-7-13-29/h1-26H.